The van der Waals surface area contributed by atoms with E-state index in [0.717, 1.165) is 19.6 Å². The van der Waals surface area contributed by atoms with Gasteiger partial charge in [-0.1, -0.05) is 49.9 Å². The van der Waals surface area contributed by atoms with Crippen LogP contribution in [-0.4, -0.2) is 13.1 Å². The first kappa shape index (κ1) is 23.1. The first-order valence-corrected chi connectivity index (χ1v) is 12.1. The Hall–Kier alpha value is -2.61. The fraction of sp³-hybridized carbons (Fsp3) is 0.414. The molecule has 0 aliphatic heterocycles. The summed E-state index contributed by atoms with van der Waals surface area (Å²) in [6.07, 6.45) is 11.0. The highest BCUT2D eigenvalue weighted by Gasteiger charge is 2.14. The molecule has 0 spiro atoms. The van der Waals surface area contributed by atoms with E-state index in [4.69, 9.17) is 0 Å². The molecule has 0 aliphatic rings. The molecule has 0 N–H and O–H groups in total. The first-order chi connectivity index (χ1) is 15.2. The van der Waals surface area contributed by atoms with Crippen molar-refractivity contribution in [2.24, 2.45) is 0 Å². The van der Waals surface area contributed by atoms with Crippen molar-refractivity contribution in [3.63, 3.8) is 0 Å². The molecule has 0 amide bonds. The van der Waals surface area contributed by atoms with Crippen LogP contribution in [0.1, 0.15) is 69.7 Å². The number of nitrogens with zero attached hydrogens (tertiary/aromatic N) is 2. The minimum Gasteiger partial charge on any atom is -0.372 e. The van der Waals surface area contributed by atoms with Crippen molar-refractivity contribution in [1.82, 2.24) is 0 Å². The van der Waals surface area contributed by atoms with E-state index in [1.165, 1.54) is 65.5 Å². The Labute approximate surface area is 189 Å². The van der Waals surface area contributed by atoms with Crippen molar-refractivity contribution in [3.8, 4) is 0 Å². The summed E-state index contributed by atoms with van der Waals surface area (Å²) in [6, 6.07) is 20.3. The van der Waals surface area contributed by atoms with Crippen LogP contribution >= 0.6 is 0 Å². The Balaban J connectivity index is 1.84. The second-order valence-corrected chi connectivity index (χ2v) is 8.48. The Morgan fingerprint density at radius 3 is 2.23 bits per heavy atom. The number of unbranched alkanes of at least 4 members (excludes halogenated alkanes) is 4. The molecule has 0 unspecified atom stereocenters. The highest BCUT2D eigenvalue weighted by atomic mass is 15.1. The lowest BCUT2D eigenvalue weighted by molar-refractivity contribution is -0.673. The number of anilines is 1. The smallest absolute Gasteiger partial charge is 0.212 e. The van der Waals surface area contributed by atoms with Crippen molar-refractivity contribution in [3.05, 3.63) is 71.4 Å². The lowest BCUT2D eigenvalue weighted by Gasteiger charge is -2.20. The topological polar surface area (TPSA) is 7.12 Å². The molecule has 0 atom stereocenters. The van der Waals surface area contributed by atoms with Gasteiger partial charge >= 0.3 is 0 Å². The number of hydrogen-bond acceptors (Lipinski definition) is 1. The lowest BCUT2D eigenvalue weighted by atomic mass is 10.1. The number of benzene rings is 2. The van der Waals surface area contributed by atoms with Crippen molar-refractivity contribution < 1.29 is 4.57 Å². The number of fused-ring (bicyclic) bond motifs is 1. The van der Waals surface area contributed by atoms with Gasteiger partial charge in [0, 0.05) is 48.8 Å². The fourth-order valence-corrected chi connectivity index (χ4v) is 4.29. The maximum atomic E-state index is 2.50. The van der Waals surface area contributed by atoms with Crippen LogP contribution in [0.2, 0.25) is 0 Å². The maximum Gasteiger partial charge on any atom is 0.212 e. The van der Waals surface area contributed by atoms with Gasteiger partial charge in [-0.2, -0.15) is 4.57 Å². The highest BCUT2D eigenvalue weighted by Crippen LogP contribution is 2.18. The molecular weight excluding hydrogens is 376 g/mol. The summed E-state index contributed by atoms with van der Waals surface area (Å²) >= 11 is 0. The van der Waals surface area contributed by atoms with Gasteiger partial charge in [0.15, 0.2) is 0 Å². The minimum absolute atomic E-state index is 1.04. The minimum atomic E-state index is 1.04. The zero-order valence-corrected chi connectivity index (χ0v) is 19.9. The van der Waals surface area contributed by atoms with Gasteiger partial charge in [0.1, 0.15) is 6.54 Å². The predicted molar refractivity (Wildman–Crippen MR) is 137 cm³/mol. The largest absolute Gasteiger partial charge is 0.372 e. The van der Waals surface area contributed by atoms with Gasteiger partial charge < -0.3 is 4.90 Å². The van der Waals surface area contributed by atoms with Gasteiger partial charge in [0.25, 0.3) is 0 Å². The van der Waals surface area contributed by atoms with Crippen LogP contribution < -0.4 is 9.47 Å². The lowest BCUT2D eigenvalue weighted by Crippen LogP contribution is -2.38. The molecule has 0 aliphatic carbocycles. The molecule has 0 saturated heterocycles. The third-order valence-corrected chi connectivity index (χ3v) is 6.17. The Morgan fingerprint density at radius 2 is 1.52 bits per heavy atom. The highest BCUT2D eigenvalue weighted by molar-refractivity contribution is 5.78. The van der Waals surface area contributed by atoms with E-state index in [1.54, 1.807) is 0 Å². The van der Waals surface area contributed by atoms with Crippen LogP contribution in [0.3, 0.4) is 0 Å². The fourth-order valence-electron chi connectivity index (χ4n) is 4.29. The Bertz CT molecular complexity index is 982. The van der Waals surface area contributed by atoms with E-state index in [1.807, 2.05) is 0 Å². The van der Waals surface area contributed by atoms with Gasteiger partial charge in [-0.15, -0.1) is 0 Å². The van der Waals surface area contributed by atoms with Crippen molar-refractivity contribution >= 4 is 28.7 Å². The molecule has 2 nitrogen and oxygen atoms in total. The Kier molecular flexibility index (Phi) is 8.70. The van der Waals surface area contributed by atoms with Crippen molar-refractivity contribution in [1.29, 1.82) is 0 Å². The van der Waals surface area contributed by atoms with Gasteiger partial charge in [-0.3, -0.25) is 0 Å². The molecule has 164 valence electrons. The average Bonchev–Trinajstić information content (AvgIpc) is 2.79. The summed E-state index contributed by atoms with van der Waals surface area (Å²) in [4.78, 5) is 2.38. The number of pyridine rings is 1. The van der Waals surface area contributed by atoms with Crippen LogP contribution in [0.25, 0.3) is 23.1 Å². The summed E-state index contributed by atoms with van der Waals surface area (Å²) in [5, 5.41) is 1.33. The molecular formula is C29H39N2+. The molecule has 31 heavy (non-hydrogen) atoms. The molecule has 0 saturated carbocycles. The second-order valence-electron chi connectivity index (χ2n) is 8.48. The average molecular weight is 416 g/mol. The van der Waals surface area contributed by atoms with Crippen molar-refractivity contribution in [2.45, 2.75) is 66.3 Å². The molecule has 2 aromatic carbocycles. The van der Waals surface area contributed by atoms with E-state index < -0.39 is 0 Å². The monoisotopic (exact) mass is 415 g/mol. The van der Waals surface area contributed by atoms with E-state index in [0.29, 0.717) is 0 Å². The number of aromatic nitrogens is 1. The predicted octanol–water partition coefficient (Wildman–Crippen LogP) is 7.42. The van der Waals surface area contributed by atoms with Crippen LogP contribution in [-0.2, 0) is 6.54 Å². The SMILES string of the molecule is CCCCCCC[n+]1c(/C=C\c2ccc(N(CC)CC)cc2)ccc2cc(C)ccc21. The molecule has 0 bridgehead atoms. The molecule has 3 aromatic rings. The first-order valence-electron chi connectivity index (χ1n) is 12.1. The second kappa shape index (κ2) is 11.7. The van der Waals surface area contributed by atoms with Gasteiger partial charge in [0.2, 0.25) is 11.2 Å². The maximum absolute atomic E-state index is 2.50. The zero-order valence-electron chi connectivity index (χ0n) is 19.9. The molecule has 0 radical (unpaired) electrons. The molecule has 0 fully saturated rings. The quantitative estimate of drug-likeness (QED) is 0.233. The zero-order chi connectivity index (χ0) is 22.1. The number of rotatable bonds is 11. The van der Waals surface area contributed by atoms with Crippen molar-refractivity contribution in [2.75, 3.05) is 18.0 Å². The van der Waals surface area contributed by atoms with Crippen LogP contribution in [0.4, 0.5) is 5.69 Å². The van der Waals surface area contributed by atoms with E-state index >= 15 is 0 Å². The van der Waals surface area contributed by atoms with Crippen LogP contribution in [0.5, 0.6) is 0 Å². The van der Waals surface area contributed by atoms with Gasteiger partial charge in [-0.05, 0) is 63.1 Å². The number of aryl methyl sites for hydroxylation is 2. The van der Waals surface area contributed by atoms with Crippen LogP contribution in [0.15, 0.2) is 54.6 Å². The summed E-state index contributed by atoms with van der Waals surface area (Å²) in [5.41, 5.74) is 6.47. The summed E-state index contributed by atoms with van der Waals surface area (Å²) in [7, 11) is 0. The molecule has 1 aromatic heterocycles. The van der Waals surface area contributed by atoms with Gasteiger partial charge in [-0.25, -0.2) is 0 Å². The van der Waals surface area contributed by atoms with Gasteiger partial charge in [0.05, 0.1) is 0 Å². The normalized spacial score (nSPS) is 11.5. The summed E-state index contributed by atoms with van der Waals surface area (Å²) in [5.74, 6) is 0. The summed E-state index contributed by atoms with van der Waals surface area (Å²) < 4.78 is 2.50. The third kappa shape index (κ3) is 6.19. The molecule has 2 heteroatoms. The number of hydrogen-bond donors (Lipinski definition) is 0. The van der Waals surface area contributed by atoms with E-state index in [-0.39, 0.29) is 0 Å². The van der Waals surface area contributed by atoms with E-state index in [2.05, 4.69) is 104 Å². The summed E-state index contributed by atoms with van der Waals surface area (Å²) in [6.45, 7) is 12.0. The molecule has 3 rings (SSSR count). The Morgan fingerprint density at radius 1 is 0.774 bits per heavy atom. The van der Waals surface area contributed by atoms with E-state index in [9.17, 15) is 0 Å². The standard InChI is InChI=1S/C29H39N2/c1-5-8-9-10-11-22-31-28(20-16-26-23-24(4)12-21-29(26)31)19-15-25-13-17-27(18-14-25)30(6-2)7-3/h12-21,23H,5-11,22H2,1-4H3/q+1. The van der Waals surface area contributed by atoms with Crippen LogP contribution in [0, 0.1) is 6.92 Å². The third-order valence-electron chi connectivity index (χ3n) is 6.17. The molecule has 1 heterocycles.